The maximum atomic E-state index is 6.19. The average molecular weight is 406 g/mol. The maximum absolute atomic E-state index is 6.19. The molecule has 30 heavy (non-hydrogen) atoms. The standard InChI is InChI=1S/C27H35NO2/c1-20-26-16-23-10-11-24(29-2)17-25(23)27(20,12-14-28(26)18-21-8-9-21)13-15-30-19-22-6-4-3-5-7-22/h3-7,10-11,17,20-21,26H,8-9,12-16,18-19H2,1-2H3/t20-,26?,27+/m0/s1. The van der Waals surface area contributed by atoms with Gasteiger partial charge < -0.3 is 9.47 Å². The molecule has 0 spiro atoms. The van der Waals surface area contributed by atoms with Crippen molar-refractivity contribution in [2.75, 3.05) is 26.8 Å². The number of fused-ring (bicyclic) bond motifs is 4. The van der Waals surface area contributed by atoms with E-state index in [1.165, 1.54) is 55.5 Å². The third-order valence-electron chi connectivity index (χ3n) is 8.04. The van der Waals surface area contributed by atoms with Gasteiger partial charge in [0.25, 0.3) is 0 Å². The van der Waals surface area contributed by atoms with Crippen molar-refractivity contribution in [2.24, 2.45) is 11.8 Å². The smallest absolute Gasteiger partial charge is 0.119 e. The number of ether oxygens (including phenoxy) is 2. The Balaban J connectivity index is 1.37. The number of likely N-dealkylation sites (tertiary alicyclic amines) is 1. The van der Waals surface area contributed by atoms with Gasteiger partial charge in [-0.25, -0.2) is 0 Å². The van der Waals surface area contributed by atoms with E-state index in [-0.39, 0.29) is 5.41 Å². The molecule has 2 fully saturated rings. The first-order valence-electron chi connectivity index (χ1n) is 11.7. The van der Waals surface area contributed by atoms with Crippen molar-refractivity contribution in [1.29, 1.82) is 0 Å². The molecule has 0 N–H and O–H groups in total. The van der Waals surface area contributed by atoms with Gasteiger partial charge in [-0.3, -0.25) is 4.90 Å². The molecule has 2 aromatic rings. The molecular weight excluding hydrogens is 370 g/mol. The zero-order chi connectivity index (χ0) is 20.6. The van der Waals surface area contributed by atoms with Crippen LogP contribution >= 0.6 is 0 Å². The van der Waals surface area contributed by atoms with Crippen molar-refractivity contribution >= 4 is 0 Å². The fourth-order valence-corrected chi connectivity index (χ4v) is 6.02. The lowest BCUT2D eigenvalue weighted by atomic mass is 9.56. The van der Waals surface area contributed by atoms with Gasteiger partial charge in [0.1, 0.15) is 5.75 Å². The molecule has 3 nitrogen and oxygen atoms in total. The number of piperidine rings is 1. The Kier molecular flexibility index (Phi) is 5.59. The van der Waals surface area contributed by atoms with Crippen molar-refractivity contribution in [2.45, 2.75) is 57.1 Å². The Hall–Kier alpha value is -1.84. The second-order valence-corrected chi connectivity index (χ2v) is 9.72. The largest absolute Gasteiger partial charge is 0.497 e. The van der Waals surface area contributed by atoms with Gasteiger partial charge in [-0.2, -0.15) is 0 Å². The summed E-state index contributed by atoms with van der Waals surface area (Å²) in [5.41, 5.74) is 4.51. The molecule has 2 aliphatic carbocycles. The van der Waals surface area contributed by atoms with Crippen LogP contribution in [-0.4, -0.2) is 37.7 Å². The van der Waals surface area contributed by atoms with Gasteiger partial charge in [-0.15, -0.1) is 0 Å². The fraction of sp³-hybridized carbons (Fsp3) is 0.556. The summed E-state index contributed by atoms with van der Waals surface area (Å²) in [6.07, 6.45) is 6.37. The van der Waals surface area contributed by atoms with Crippen molar-refractivity contribution < 1.29 is 9.47 Å². The van der Waals surface area contributed by atoms with E-state index in [1.54, 1.807) is 7.11 Å². The molecule has 1 saturated carbocycles. The Bertz CT molecular complexity index is 862. The first-order chi connectivity index (χ1) is 14.7. The Morgan fingerprint density at radius 1 is 1.10 bits per heavy atom. The third kappa shape index (κ3) is 3.78. The molecule has 0 aromatic heterocycles. The van der Waals surface area contributed by atoms with Crippen molar-refractivity contribution in [1.82, 2.24) is 4.90 Å². The Labute approximate surface area is 181 Å². The van der Waals surface area contributed by atoms with E-state index in [1.807, 2.05) is 0 Å². The van der Waals surface area contributed by atoms with Gasteiger partial charge in [-0.05, 0) is 79.3 Å². The van der Waals surface area contributed by atoms with Crippen molar-refractivity contribution in [3.05, 3.63) is 65.2 Å². The number of benzene rings is 2. The minimum atomic E-state index is 0.198. The first-order valence-corrected chi connectivity index (χ1v) is 11.7. The van der Waals surface area contributed by atoms with Gasteiger partial charge in [0.05, 0.1) is 13.7 Å². The molecule has 2 bridgehead atoms. The lowest BCUT2D eigenvalue weighted by Gasteiger charge is -2.56. The van der Waals surface area contributed by atoms with Crippen LogP contribution in [0, 0.1) is 11.8 Å². The van der Waals surface area contributed by atoms with Crippen molar-refractivity contribution in [3.8, 4) is 5.75 Å². The molecule has 1 saturated heterocycles. The molecule has 1 heterocycles. The van der Waals surface area contributed by atoms with Crippen LogP contribution in [0.25, 0.3) is 0 Å². The molecule has 160 valence electrons. The minimum absolute atomic E-state index is 0.198. The second-order valence-electron chi connectivity index (χ2n) is 9.72. The van der Waals surface area contributed by atoms with E-state index >= 15 is 0 Å². The maximum Gasteiger partial charge on any atom is 0.119 e. The van der Waals surface area contributed by atoms with Gasteiger partial charge in [0, 0.05) is 24.6 Å². The van der Waals surface area contributed by atoms with E-state index in [0.717, 1.165) is 24.7 Å². The van der Waals surface area contributed by atoms with E-state index < -0.39 is 0 Å². The lowest BCUT2D eigenvalue weighted by Crippen LogP contribution is -2.59. The molecule has 1 unspecified atom stereocenters. The van der Waals surface area contributed by atoms with Crippen LogP contribution in [0.15, 0.2) is 48.5 Å². The third-order valence-corrected chi connectivity index (χ3v) is 8.04. The minimum Gasteiger partial charge on any atom is -0.497 e. The second kappa shape index (κ2) is 8.36. The molecule has 0 radical (unpaired) electrons. The summed E-state index contributed by atoms with van der Waals surface area (Å²) in [5.74, 6) is 2.59. The Morgan fingerprint density at radius 2 is 1.93 bits per heavy atom. The summed E-state index contributed by atoms with van der Waals surface area (Å²) in [6, 6.07) is 18.0. The zero-order valence-electron chi connectivity index (χ0n) is 18.5. The van der Waals surface area contributed by atoms with E-state index in [4.69, 9.17) is 9.47 Å². The highest BCUT2D eigenvalue weighted by Crippen LogP contribution is 2.52. The van der Waals surface area contributed by atoms with E-state index in [9.17, 15) is 0 Å². The molecule has 2 aromatic carbocycles. The quantitative estimate of drug-likeness (QED) is 0.562. The highest BCUT2D eigenvalue weighted by molar-refractivity contribution is 5.45. The number of nitrogens with zero attached hydrogens (tertiary/aromatic N) is 1. The molecule has 3 aliphatic rings. The van der Waals surface area contributed by atoms with Gasteiger partial charge in [0.15, 0.2) is 0 Å². The molecule has 3 heteroatoms. The summed E-state index contributed by atoms with van der Waals surface area (Å²) >= 11 is 0. The predicted molar refractivity (Wildman–Crippen MR) is 121 cm³/mol. The molecule has 5 rings (SSSR count). The number of rotatable bonds is 8. The highest BCUT2D eigenvalue weighted by atomic mass is 16.5. The summed E-state index contributed by atoms with van der Waals surface area (Å²) < 4.78 is 11.8. The molecular formula is C27H35NO2. The van der Waals surface area contributed by atoms with E-state index in [2.05, 4.69) is 60.4 Å². The number of hydrogen-bond acceptors (Lipinski definition) is 3. The lowest BCUT2D eigenvalue weighted by molar-refractivity contribution is -0.00214. The molecule has 1 aliphatic heterocycles. The van der Waals surface area contributed by atoms with Crippen molar-refractivity contribution in [3.63, 3.8) is 0 Å². The highest BCUT2D eigenvalue weighted by Gasteiger charge is 2.51. The summed E-state index contributed by atoms with van der Waals surface area (Å²) in [5, 5.41) is 0. The molecule has 0 amide bonds. The van der Waals surface area contributed by atoms with E-state index in [0.29, 0.717) is 18.6 Å². The van der Waals surface area contributed by atoms with Crippen LogP contribution in [0.1, 0.15) is 49.3 Å². The zero-order valence-corrected chi connectivity index (χ0v) is 18.5. The number of methoxy groups -OCH3 is 1. The van der Waals surface area contributed by atoms with Crippen LogP contribution in [0.4, 0.5) is 0 Å². The fourth-order valence-electron chi connectivity index (χ4n) is 6.02. The molecule has 3 atom stereocenters. The topological polar surface area (TPSA) is 21.7 Å². The van der Waals surface area contributed by atoms with Gasteiger partial charge >= 0.3 is 0 Å². The normalized spacial score (nSPS) is 28.2. The SMILES string of the molecule is COc1ccc2c(c1)[C@@]1(CCOCc3ccccc3)CCN(CC3CC3)C(C2)[C@@H]1C. The first kappa shape index (κ1) is 20.1. The van der Waals surface area contributed by atoms with Crippen LogP contribution in [0.3, 0.4) is 0 Å². The van der Waals surface area contributed by atoms with Crippen LogP contribution in [0.2, 0.25) is 0 Å². The number of hydrogen-bond donors (Lipinski definition) is 0. The predicted octanol–water partition coefficient (Wildman–Crippen LogP) is 5.22. The van der Waals surface area contributed by atoms with Gasteiger partial charge in [0.2, 0.25) is 0 Å². The van der Waals surface area contributed by atoms with Crippen LogP contribution in [-0.2, 0) is 23.2 Å². The average Bonchev–Trinajstić information content (AvgIpc) is 3.59. The van der Waals surface area contributed by atoms with Gasteiger partial charge in [-0.1, -0.05) is 43.3 Å². The summed E-state index contributed by atoms with van der Waals surface area (Å²) in [7, 11) is 1.78. The van der Waals surface area contributed by atoms with Crippen LogP contribution < -0.4 is 4.74 Å². The Morgan fingerprint density at radius 3 is 2.70 bits per heavy atom. The van der Waals surface area contributed by atoms with Crippen LogP contribution in [0.5, 0.6) is 5.75 Å². The summed E-state index contributed by atoms with van der Waals surface area (Å²) in [6.45, 7) is 6.55. The monoisotopic (exact) mass is 405 g/mol. The summed E-state index contributed by atoms with van der Waals surface area (Å²) in [4.78, 5) is 2.82.